The third kappa shape index (κ3) is 3.93. The van der Waals surface area contributed by atoms with Gasteiger partial charge in [0.1, 0.15) is 0 Å². The molecule has 1 N–H and O–H groups in total. The second-order valence-electron chi connectivity index (χ2n) is 6.92. The van der Waals surface area contributed by atoms with Crippen LogP contribution in [0.4, 0.5) is 0 Å². The lowest BCUT2D eigenvalue weighted by atomic mass is 10.2. The first-order chi connectivity index (χ1) is 14.4. The Balaban J connectivity index is 1.44. The van der Waals surface area contributed by atoms with Crippen molar-refractivity contribution in [2.75, 3.05) is 26.2 Å². The van der Waals surface area contributed by atoms with E-state index in [0.717, 1.165) is 10.6 Å². The van der Waals surface area contributed by atoms with E-state index < -0.39 is 10.0 Å². The number of carbonyl (C=O) groups is 2. The number of amides is 1. The van der Waals surface area contributed by atoms with E-state index in [9.17, 15) is 18.0 Å². The number of carbonyl (C=O) groups excluding carboxylic acids is 2. The van der Waals surface area contributed by atoms with Gasteiger partial charge in [-0.15, -0.1) is 11.3 Å². The normalized spacial score (nSPS) is 15.3. The summed E-state index contributed by atoms with van der Waals surface area (Å²) in [5.74, 6) is -0.423. The molecule has 1 saturated heterocycles. The van der Waals surface area contributed by atoms with Crippen LogP contribution in [0.15, 0.2) is 52.7 Å². The lowest BCUT2D eigenvalue weighted by Crippen LogP contribution is -2.50. The Morgan fingerprint density at radius 1 is 1.07 bits per heavy atom. The van der Waals surface area contributed by atoms with Crippen LogP contribution in [0.5, 0.6) is 0 Å². The molecule has 10 heteroatoms. The summed E-state index contributed by atoms with van der Waals surface area (Å²) in [6.07, 6.45) is 0. The molecule has 1 aliphatic rings. The molecule has 8 nitrogen and oxygen atoms in total. The highest BCUT2D eigenvalue weighted by molar-refractivity contribution is 7.89. The van der Waals surface area contributed by atoms with Gasteiger partial charge in [0.2, 0.25) is 10.0 Å². The number of hydrogen-bond donors (Lipinski definition) is 1. The maximum atomic E-state index is 12.9. The van der Waals surface area contributed by atoms with Crippen LogP contribution in [0.2, 0.25) is 0 Å². The molecule has 3 aromatic rings. The monoisotopic (exact) mass is 444 g/mol. The number of piperazine rings is 1. The molecule has 156 valence electrons. The fraction of sp³-hybridized carbons (Fsp3) is 0.250. The Labute approximate surface area is 178 Å². The summed E-state index contributed by atoms with van der Waals surface area (Å²) in [5, 5.41) is 8.94. The number of nitrogens with one attached hydrogen (secondary N) is 1. The predicted molar refractivity (Wildman–Crippen MR) is 113 cm³/mol. The van der Waals surface area contributed by atoms with Crippen LogP contribution >= 0.6 is 11.3 Å². The lowest BCUT2D eigenvalue weighted by molar-refractivity contribution is 0.0691. The number of aromatic nitrogens is 2. The Kier molecular flexibility index (Phi) is 5.54. The fourth-order valence-corrected chi connectivity index (χ4v) is 5.47. The molecule has 4 rings (SSSR count). The SMILES string of the molecule is CC(=O)c1cccc(S(=O)(=O)N2CCN(C(=O)c3cc(-c4cccs4)[nH]n3)CC2)c1. The second kappa shape index (κ2) is 8.13. The Morgan fingerprint density at radius 3 is 2.50 bits per heavy atom. The van der Waals surface area contributed by atoms with E-state index >= 15 is 0 Å². The molecule has 0 bridgehead atoms. The van der Waals surface area contributed by atoms with Crippen molar-refractivity contribution in [1.29, 1.82) is 0 Å². The van der Waals surface area contributed by atoms with Crippen molar-refractivity contribution in [3.63, 3.8) is 0 Å². The fourth-order valence-electron chi connectivity index (χ4n) is 3.31. The van der Waals surface area contributed by atoms with Crippen LogP contribution in [0, 0.1) is 0 Å². The predicted octanol–water partition coefficient (Wildman–Crippen LogP) is 2.49. The van der Waals surface area contributed by atoms with Gasteiger partial charge >= 0.3 is 0 Å². The minimum absolute atomic E-state index is 0.0860. The maximum absolute atomic E-state index is 12.9. The minimum Gasteiger partial charge on any atom is -0.335 e. The standard InChI is InChI=1S/C20H20N4O4S2/c1-14(25)15-4-2-5-16(12-15)30(27,28)24-9-7-23(8-10-24)20(26)18-13-17(21-22-18)19-6-3-11-29-19/h2-6,11-13H,7-10H2,1H3,(H,21,22). The van der Waals surface area contributed by atoms with Crippen LogP contribution < -0.4 is 0 Å². The van der Waals surface area contributed by atoms with E-state index in [-0.39, 0.29) is 42.8 Å². The summed E-state index contributed by atoms with van der Waals surface area (Å²) in [5.41, 5.74) is 1.44. The highest BCUT2D eigenvalue weighted by Gasteiger charge is 2.31. The molecule has 1 fully saturated rings. The Morgan fingerprint density at radius 2 is 1.83 bits per heavy atom. The summed E-state index contributed by atoms with van der Waals surface area (Å²) in [4.78, 5) is 27.0. The van der Waals surface area contributed by atoms with Crippen LogP contribution in [0.1, 0.15) is 27.8 Å². The number of sulfonamides is 1. The third-order valence-electron chi connectivity index (χ3n) is 4.99. The summed E-state index contributed by atoms with van der Waals surface area (Å²) >= 11 is 1.55. The topological polar surface area (TPSA) is 103 Å². The average molecular weight is 445 g/mol. The second-order valence-corrected chi connectivity index (χ2v) is 9.81. The molecule has 0 aliphatic carbocycles. The highest BCUT2D eigenvalue weighted by atomic mass is 32.2. The van der Waals surface area contributed by atoms with Crippen molar-refractivity contribution in [2.45, 2.75) is 11.8 Å². The molecular weight excluding hydrogens is 424 g/mol. The summed E-state index contributed by atoms with van der Waals surface area (Å²) in [6.45, 7) is 2.30. The number of hydrogen-bond acceptors (Lipinski definition) is 6. The number of Topliss-reactive ketones (excluding diaryl/α,β-unsaturated/α-hetero) is 1. The molecule has 1 aliphatic heterocycles. The van der Waals surface area contributed by atoms with Crippen LogP contribution in [-0.4, -0.2) is 65.7 Å². The number of thiophene rings is 1. The Hall–Kier alpha value is -2.82. The molecule has 0 saturated carbocycles. The van der Waals surface area contributed by atoms with Gasteiger partial charge in [0.05, 0.1) is 15.5 Å². The van der Waals surface area contributed by atoms with Gasteiger partial charge in [-0.1, -0.05) is 18.2 Å². The van der Waals surface area contributed by atoms with Crippen molar-refractivity contribution in [3.05, 3.63) is 59.1 Å². The first-order valence-corrected chi connectivity index (χ1v) is 11.7. The zero-order valence-electron chi connectivity index (χ0n) is 16.2. The van der Waals surface area contributed by atoms with Gasteiger partial charge in [-0.2, -0.15) is 9.40 Å². The molecule has 1 amide bonds. The zero-order chi connectivity index (χ0) is 21.3. The number of ketones is 1. The molecule has 1 aromatic carbocycles. The summed E-state index contributed by atoms with van der Waals surface area (Å²) in [6, 6.07) is 11.6. The van der Waals surface area contributed by atoms with E-state index in [1.165, 1.54) is 23.4 Å². The third-order valence-corrected chi connectivity index (χ3v) is 7.79. The van der Waals surface area contributed by atoms with E-state index in [1.807, 2.05) is 17.5 Å². The van der Waals surface area contributed by atoms with Gasteiger partial charge in [-0.25, -0.2) is 8.42 Å². The van der Waals surface area contributed by atoms with Gasteiger partial charge in [-0.05, 0) is 36.6 Å². The Bertz CT molecular complexity index is 1180. The van der Waals surface area contributed by atoms with Crippen molar-refractivity contribution >= 4 is 33.1 Å². The molecule has 3 heterocycles. The van der Waals surface area contributed by atoms with E-state index in [1.54, 1.807) is 34.4 Å². The van der Waals surface area contributed by atoms with Gasteiger partial charge in [-0.3, -0.25) is 14.7 Å². The largest absolute Gasteiger partial charge is 0.335 e. The maximum Gasteiger partial charge on any atom is 0.274 e. The van der Waals surface area contributed by atoms with E-state index in [4.69, 9.17) is 0 Å². The molecule has 0 radical (unpaired) electrons. The molecule has 0 spiro atoms. The number of benzene rings is 1. The number of aromatic amines is 1. The van der Waals surface area contributed by atoms with Crippen molar-refractivity contribution in [2.24, 2.45) is 0 Å². The lowest BCUT2D eigenvalue weighted by Gasteiger charge is -2.33. The van der Waals surface area contributed by atoms with Crippen molar-refractivity contribution in [1.82, 2.24) is 19.4 Å². The van der Waals surface area contributed by atoms with Gasteiger partial charge in [0.25, 0.3) is 5.91 Å². The average Bonchev–Trinajstić information content (AvgIpc) is 3.45. The smallest absolute Gasteiger partial charge is 0.274 e. The molecule has 2 aromatic heterocycles. The minimum atomic E-state index is -3.73. The van der Waals surface area contributed by atoms with Gasteiger partial charge < -0.3 is 4.90 Å². The number of nitrogens with zero attached hydrogens (tertiary/aromatic N) is 3. The quantitative estimate of drug-likeness (QED) is 0.609. The van der Waals surface area contributed by atoms with Crippen LogP contribution in [-0.2, 0) is 10.0 Å². The van der Waals surface area contributed by atoms with Gasteiger partial charge in [0, 0.05) is 31.7 Å². The molecule has 30 heavy (non-hydrogen) atoms. The summed E-state index contributed by atoms with van der Waals surface area (Å²) < 4.78 is 27.2. The highest BCUT2D eigenvalue weighted by Crippen LogP contribution is 2.24. The van der Waals surface area contributed by atoms with Crippen molar-refractivity contribution in [3.8, 4) is 10.6 Å². The number of rotatable bonds is 5. The molecule has 0 atom stereocenters. The number of H-pyrrole nitrogens is 1. The molecular formula is C20H20N4O4S2. The first kappa shape index (κ1) is 20.5. The zero-order valence-corrected chi connectivity index (χ0v) is 17.9. The van der Waals surface area contributed by atoms with Crippen molar-refractivity contribution < 1.29 is 18.0 Å². The van der Waals surface area contributed by atoms with E-state index in [2.05, 4.69) is 10.2 Å². The van der Waals surface area contributed by atoms with Gasteiger partial charge in [0.15, 0.2) is 11.5 Å². The first-order valence-electron chi connectivity index (χ1n) is 9.36. The van der Waals surface area contributed by atoms with Crippen LogP contribution in [0.25, 0.3) is 10.6 Å². The van der Waals surface area contributed by atoms with E-state index in [0.29, 0.717) is 11.3 Å². The molecule has 0 unspecified atom stereocenters. The van der Waals surface area contributed by atoms with Crippen LogP contribution in [0.3, 0.4) is 0 Å². The summed E-state index contributed by atoms with van der Waals surface area (Å²) in [7, 11) is -3.73.